The summed E-state index contributed by atoms with van der Waals surface area (Å²) in [6.45, 7) is 8.11. The van der Waals surface area contributed by atoms with E-state index in [0.29, 0.717) is 5.69 Å². The van der Waals surface area contributed by atoms with Crippen LogP contribution in [-0.4, -0.2) is 18.1 Å². The van der Waals surface area contributed by atoms with E-state index in [1.807, 2.05) is 32.6 Å². The fraction of sp³-hybridized carbons (Fsp3) is 0.533. The van der Waals surface area contributed by atoms with Crippen LogP contribution in [-0.2, 0) is 6.18 Å². The molecule has 21 heavy (non-hydrogen) atoms. The molecule has 0 saturated heterocycles. The molecule has 6 heteroatoms. The normalized spacial score (nSPS) is 13.9. The topological polar surface area (TPSA) is 29.3 Å². The number of hydrogen-bond acceptors (Lipinski definition) is 2. The summed E-state index contributed by atoms with van der Waals surface area (Å²) >= 11 is 4.70. The quantitative estimate of drug-likeness (QED) is 0.847. The zero-order valence-corrected chi connectivity index (χ0v) is 13.7. The Kier molecular flexibility index (Phi) is 4.93. The van der Waals surface area contributed by atoms with Crippen LogP contribution in [0.25, 0.3) is 0 Å². The molecular weight excluding hydrogens is 297 g/mol. The molecule has 0 aliphatic carbocycles. The van der Waals surface area contributed by atoms with E-state index in [-0.39, 0.29) is 22.0 Å². The van der Waals surface area contributed by atoms with Gasteiger partial charge in [0.2, 0.25) is 0 Å². The van der Waals surface area contributed by atoms with Crippen molar-refractivity contribution in [3.8, 4) is 0 Å². The van der Waals surface area contributed by atoms with Gasteiger partial charge in [-0.3, -0.25) is 0 Å². The minimum Gasteiger partial charge on any atom is -0.389 e. The van der Waals surface area contributed by atoms with Crippen molar-refractivity contribution in [1.29, 1.82) is 0 Å². The molecule has 0 aliphatic rings. The third kappa shape index (κ3) is 4.09. The van der Waals surface area contributed by atoms with E-state index in [1.54, 1.807) is 13.1 Å². The summed E-state index contributed by atoms with van der Waals surface area (Å²) in [5.41, 5.74) is 4.88. The van der Waals surface area contributed by atoms with Crippen LogP contribution in [0.1, 0.15) is 38.8 Å². The van der Waals surface area contributed by atoms with Crippen molar-refractivity contribution in [3.63, 3.8) is 0 Å². The number of benzene rings is 1. The highest BCUT2D eigenvalue weighted by molar-refractivity contribution is 7.80. The first kappa shape index (κ1) is 17.8. The number of rotatable bonds is 3. The van der Waals surface area contributed by atoms with E-state index in [4.69, 9.17) is 18.0 Å². The highest BCUT2D eigenvalue weighted by Crippen LogP contribution is 2.36. The number of alkyl halides is 3. The second-order valence-corrected chi connectivity index (χ2v) is 6.68. The molecule has 2 N–H and O–H groups in total. The molecular formula is C15H21F3N2S. The molecule has 1 rings (SSSR count). The van der Waals surface area contributed by atoms with Gasteiger partial charge in [0, 0.05) is 24.3 Å². The lowest BCUT2D eigenvalue weighted by molar-refractivity contribution is -0.137. The summed E-state index contributed by atoms with van der Waals surface area (Å²) in [5.74, 6) is 0. The summed E-state index contributed by atoms with van der Waals surface area (Å²) in [7, 11) is 1.78. The summed E-state index contributed by atoms with van der Waals surface area (Å²) in [6.07, 6.45) is -4.49. The van der Waals surface area contributed by atoms with E-state index < -0.39 is 11.7 Å². The average Bonchev–Trinajstić information content (AvgIpc) is 2.34. The van der Waals surface area contributed by atoms with Gasteiger partial charge < -0.3 is 10.6 Å². The van der Waals surface area contributed by atoms with E-state index in [9.17, 15) is 13.2 Å². The molecule has 0 bridgehead atoms. The van der Waals surface area contributed by atoms with Crippen LogP contribution >= 0.6 is 12.2 Å². The van der Waals surface area contributed by atoms with Crippen molar-refractivity contribution in [2.75, 3.05) is 11.9 Å². The van der Waals surface area contributed by atoms with Crippen molar-refractivity contribution < 1.29 is 13.2 Å². The van der Waals surface area contributed by atoms with Crippen LogP contribution < -0.4 is 10.6 Å². The molecule has 0 amide bonds. The second-order valence-electron chi connectivity index (χ2n) is 6.24. The first-order valence-electron chi connectivity index (χ1n) is 6.59. The maximum Gasteiger partial charge on any atom is 0.417 e. The van der Waals surface area contributed by atoms with Crippen LogP contribution in [0.5, 0.6) is 0 Å². The number of nitrogens with two attached hydrogens (primary N) is 1. The summed E-state index contributed by atoms with van der Waals surface area (Å²) in [6, 6.07) is 4.13. The number of nitrogens with zero attached hydrogens (tertiary/aromatic N) is 1. The Labute approximate surface area is 129 Å². The highest BCUT2D eigenvalue weighted by atomic mass is 32.1. The standard InChI is InChI=1S/C15H21F3N2S/c1-9(14(2,3)4)20(5)10-6-7-11(13(19)21)12(8-10)15(16,17)18/h6-9H,1-5H3,(H2,19,21). The van der Waals surface area contributed by atoms with Gasteiger partial charge in [-0.1, -0.05) is 33.0 Å². The molecule has 1 atom stereocenters. The van der Waals surface area contributed by atoms with Gasteiger partial charge in [0.1, 0.15) is 4.99 Å². The van der Waals surface area contributed by atoms with E-state index in [2.05, 4.69) is 0 Å². The maximum atomic E-state index is 13.2. The van der Waals surface area contributed by atoms with Crippen LogP contribution in [0.2, 0.25) is 0 Å². The molecule has 1 aromatic carbocycles. The molecule has 0 saturated carbocycles. The average molecular weight is 318 g/mol. The Morgan fingerprint density at radius 1 is 1.24 bits per heavy atom. The zero-order valence-electron chi connectivity index (χ0n) is 12.9. The van der Waals surface area contributed by atoms with Gasteiger partial charge in [0.05, 0.1) is 5.56 Å². The second kappa shape index (κ2) is 5.83. The monoisotopic (exact) mass is 318 g/mol. The first-order valence-corrected chi connectivity index (χ1v) is 7.00. The van der Waals surface area contributed by atoms with Crippen LogP contribution in [0.15, 0.2) is 18.2 Å². The first-order chi connectivity index (χ1) is 9.35. The summed E-state index contributed by atoms with van der Waals surface area (Å²) in [4.78, 5) is 1.58. The van der Waals surface area contributed by atoms with E-state index in [1.165, 1.54) is 6.07 Å². The van der Waals surface area contributed by atoms with Crippen molar-refractivity contribution in [3.05, 3.63) is 29.3 Å². The number of halogens is 3. The summed E-state index contributed by atoms with van der Waals surface area (Å²) in [5, 5.41) is 0. The van der Waals surface area contributed by atoms with Crippen molar-refractivity contribution >= 4 is 22.9 Å². The SMILES string of the molecule is CC(N(C)c1ccc(C(N)=S)c(C(F)(F)F)c1)C(C)(C)C. The van der Waals surface area contributed by atoms with Gasteiger partial charge in [0.15, 0.2) is 0 Å². The smallest absolute Gasteiger partial charge is 0.389 e. The van der Waals surface area contributed by atoms with Crippen LogP contribution in [0, 0.1) is 5.41 Å². The van der Waals surface area contributed by atoms with E-state index >= 15 is 0 Å². The fourth-order valence-corrected chi connectivity index (χ4v) is 2.18. The molecule has 0 heterocycles. The molecule has 0 aliphatic heterocycles. The Balaban J connectivity index is 3.32. The fourth-order valence-electron chi connectivity index (χ4n) is 2.01. The predicted molar refractivity (Wildman–Crippen MR) is 84.7 cm³/mol. The highest BCUT2D eigenvalue weighted by Gasteiger charge is 2.35. The Hall–Kier alpha value is -1.30. The van der Waals surface area contributed by atoms with Gasteiger partial charge >= 0.3 is 6.18 Å². The molecule has 0 fully saturated rings. The van der Waals surface area contributed by atoms with Gasteiger partial charge in [-0.15, -0.1) is 0 Å². The number of anilines is 1. The third-order valence-corrected chi connectivity index (χ3v) is 4.04. The lowest BCUT2D eigenvalue weighted by Crippen LogP contribution is -2.39. The van der Waals surface area contributed by atoms with Gasteiger partial charge in [-0.25, -0.2) is 0 Å². The Bertz CT molecular complexity index is 533. The third-order valence-electron chi connectivity index (χ3n) is 3.82. The summed E-state index contributed by atoms with van der Waals surface area (Å²) < 4.78 is 39.5. The lowest BCUT2D eigenvalue weighted by atomic mass is 9.87. The predicted octanol–water partition coefficient (Wildman–Crippen LogP) is 4.21. The minimum atomic E-state index is -4.49. The molecule has 0 aromatic heterocycles. The molecule has 1 aromatic rings. The van der Waals surface area contributed by atoms with Crippen LogP contribution in [0.4, 0.5) is 18.9 Å². The number of hydrogen-bond donors (Lipinski definition) is 1. The Morgan fingerprint density at radius 2 is 1.76 bits per heavy atom. The number of thiocarbonyl (C=S) groups is 1. The van der Waals surface area contributed by atoms with Crippen molar-refractivity contribution in [1.82, 2.24) is 0 Å². The zero-order chi connectivity index (χ0) is 16.6. The van der Waals surface area contributed by atoms with Gasteiger partial charge in [0.25, 0.3) is 0 Å². The molecule has 1 unspecified atom stereocenters. The van der Waals surface area contributed by atoms with Crippen molar-refractivity contribution in [2.45, 2.75) is 39.9 Å². The minimum absolute atomic E-state index is 0.0605. The van der Waals surface area contributed by atoms with E-state index in [0.717, 1.165) is 6.07 Å². The van der Waals surface area contributed by atoms with Gasteiger partial charge in [-0.05, 0) is 30.5 Å². The lowest BCUT2D eigenvalue weighted by Gasteiger charge is -2.37. The van der Waals surface area contributed by atoms with Crippen molar-refractivity contribution in [2.24, 2.45) is 11.1 Å². The maximum absolute atomic E-state index is 13.2. The molecule has 118 valence electrons. The molecule has 0 spiro atoms. The Morgan fingerprint density at radius 3 is 2.14 bits per heavy atom. The molecule has 2 nitrogen and oxygen atoms in total. The van der Waals surface area contributed by atoms with Gasteiger partial charge in [-0.2, -0.15) is 13.2 Å². The van der Waals surface area contributed by atoms with Crippen LogP contribution in [0.3, 0.4) is 0 Å². The largest absolute Gasteiger partial charge is 0.417 e. The molecule has 0 radical (unpaired) electrons.